The van der Waals surface area contributed by atoms with Crippen LogP contribution in [-0.4, -0.2) is 16.7 Å². The minimum atomic E-state index is -0.400. The summed E-state index contributed by atoms with van der Waals surface area (Å²) in [5.74, 6) is -0.720. The van der Waals surface area contributed by atoms with Gasteiger partial charge in [-0.05, 0) is 23.8 Å². The van der Waals surface area contributed by atoms with E-state index in [0.29, 0.717) is 5.56 Å². The molecule has 0 aliphatic carbocycles. The van der Waals surface area contributed by atoms with Gasteiger partial charge in [0.1, 0.15) is 0 Å². The van der Waals surface area contributed by atoms with Gasteiger partial charge >= 0.3 is 0 Å². The van der Waals surface area contributed by atoms with E-state index < -0.39 is 5.91 Å². The summed E-state index contributed by atoms with van der Waals surface area (Å²) < 4.78 is 0. The summed E-state index contributed by atoms with van der Waals surface area (Å²) in [5, 5.41) is 0. The van der Waals surface area contributed by atoms with E-state index in [2.05, 4.69) is 6.58 Å². The van der Waals surface area contributed by atoms with Crippen molar-refractivity contribution in [2.24, 2.45) is 0 Å². The van der Waals surface area contributed by atoms with Crippen molar-refractivity contribution in [2.75, 3.05) is 0 Å². The van der Waals surface area contributed by atoms with Gasteiger partial charge in [-0.3, -0.25) is 14.5 Å². The van der Waals surface area contributed by atoms with Gasteiger partial charge in [0, 0.05) is 5.56 Å². The Morgan fingerprint density at radius 3 is 2.05 bits per heavy atom. The van der Waals surface area contributed by atoms with Crippen LogP contribution in [0.4, 0.5) is 0 Å². The van der Waals surface area contributed by atoms with Crippen molar-refractivity contribution in [3.8, 4) is 0 Å². The summed E-state index contributed by atoms with van der Waals surface area (Å²) >= 11 is 0. The summed E-state index contributed by atoms with van der Waals surface area (Å²) in [6.07, 6.45) is 1.16. The molecule has 3 nitrogen and oxygen atoms in total. The van der Waals surface area contributed by atoms with Crippen molar-refractivity contribution in [1.29, 1.82) is 0 Å². The molecule has 2 aromatic rings. The van der Waals surface area contributed by atoms with Gasteiger partial charge in [-0.25, -0.2) is 0 Å². The monoisotopic (exact) mass is 265 g/mol. The largest absolute Gasteiger partial charge is 0.270 e. The lowest BCUT2D eigenvalue weighted by molar-refractivity contribution is -0.124. The molecule has 3 heteroatoms. The molecule has 0 bridgehead atoms. The van der Waals surface area contributed by atoms with Gasteiger partial charge in [-0.15, -0.1) is 0 Å². The first-order valence-electron chi connectivity index (χ1n) is 6.29. The fourth-order valence-corrected chi connectivity index (χ4v) is 1.86. The average Bonchev–Trinajstić information content (AvgIpc) is 2.53. The molecule has 2 rings (SSSR count). The van der Waals surface area contributed by atoms with E-state index in [1.807, 2.05) is 36.4 Å². The lowest BCUT2D eigenvalue weighted by Gasteiger charge is -2.19. The van der Waals surface area contributed by atoms with Crippen LogP contribution in [0.15, 0.2) is 73.3 Å². The van der Waals surface area contributed by atoms with Gasteiger partial charge in [-0.1, -0.05) is 55.1 Å². The lowest BCUT2D eigenvalue weighted by Crippen LogP contribution is -2.35. The van der Waals surface area contributed by atoms with E-state index in [4.69, 9.17) is 0 Å². The highest BCUT2D eigenvalue weighted by Crippen LogP contribution is 2.10. The maximum atomic E-state index is 12.4. The summed E-state index contributed by atoms with van der Waals surface area (Å²) in [4.78, 5) is 25.5. The van der Waals surface area contributed by atoms with Crippen LogP contribution in [0.25, 0.3) is 0 Å². The van der Waals surface area contributed by atoms with Crippen LogP contribution in [0, 0.1) is 0 Å². The van der Waals surface area contributed by atoms with E-state index in [0.717, 1.165) is 11.6 Å². The highest BCUT2D eigenvalue weighted by atomic mass is 16.2. The Labute approximate surface area is 118 Å². The number of carbonyl (C=O) groups is 2. The smallest absolute Gasteiger partial charge is 0.261 e. The predicted molar refractivity (Wildman–Crippen MR) is 78.0 cm³/mol. The fraction of sp³-hybridized carbons (Fsp3) is 0.0588. The quantitative estimate of drug-likeness (QED) is 0.797. The number of rotatable bonds is 4. The van der Waals surface area contributed by atoms with Crippen LogP contribution in [-0.2, 0) is 11.3 Å². The Balaban J connectivity index is 2.27. The zero-order valence-electron chi connectivity index (χ0n) is 11.0. The first-order valence-corrected chi connectivity index (χ1v) is 6.29. The van der Waals surface area contributed by atoms with E-state index in [-0.39, 0.29) is 12.5 Å². The molecule has 100 valence electrons. The van der Waals surface area contributed by atoms with Crippen LogP contribution < -0.4 is 0 Å². The highest BCUT2D eigenvalue weighted by molar-refractivity contribution is 6.07. The molecule has 0 aromatic heterocycles. The second kappa shape index (κ2) is 6.48. The van der Waals surface area contributed by atoms with Crippen molar-refractivity contribution in [3.63, 3.8) is 0 Å². The van der Waals surface area contributed by atoms with E-state index >= 15 is 0 Å². The normalized spacial score (nSPS) is 9.80. The highest BCUT2D eigenvalue weighted by Gasteiger charge is 2.20. The number of hydrogen-bond donors (Lipinski definition) is 0. The first-order chi connectivity index (χ1) is 9.72. The van der Waals surface area contributed by atoms with Gasteiger partial charge in [0.2, 0.25) is 0 Å². The molecule has 0 atom stereocenters. The standard InChI is InChI=1S/C17H15NO2/c1-2-16(19)18(13-14-9-5-3-6-10-14)17(20)15-11-7-4-8-12-15/h2-12H,1,13H2. The van der Waals surface area contributed by atoms with Gasteiger partial charge in [0.25, 0.3) is 11.8 Å². The zero-order valence-corrected chi connectivity index (χ0v) is 11.0. The topological polar surface area (TPSA) is 37.4 Å². The third-order valence-electron chi connectivity index (χ3n) is 2.89. The maximum Gasteiger partial charge on any atom is 0.261 e. The molecule has 0 heterocycles. The minimum Gasteiger partial charge on any atom is -0.270 e. The Bertz CT molecular complexity index is 605. The molecule has 2 amide bonds. The summed E-state index contributed by atoms with van der Waals surface area (Å²) in [5.41, 5.74) is 1.38. The van der Waals surface area contributed by atoms with Crippen LogP contribution in [0.1, 0.15) is 15.9 Å². The first kappa shape index (κ1) is 13.7. The number of carbonyl (C=O) groups excluding carboxylic acids is 2. The van der Waals surface area contributed by atoms with Crippen molar-refractivity contribution >= 4 is 11.8 Å². The molecule has 0 N–H and O–H groups in total. The molecule has 0 unspecified atom stereocenters. The van der Waals surface area contributed by atoms with Crippen molar-refractivity contribution in [2.45, 2.75) is 6.54 Å². The summed E-state index contributed by atoms with van der Waals surface area (Å²) in [6, 6.07) is 18.1. The Morgan fingerprint density at radius 2 is 1.50 bits per heavy atom. The number of hydrogen-bond acceptors (Lipinski definition) is 2. The van der Waals surface area contributed by atoms with E-state index in [1.54, 1.807) is 24.3 Å². The maximum absolute atomic E-state index is 12.4. The molecular weight excluding hydrogens is 250 g/mol. The SMILES string of the molecule is C=CC(=O)N(Cc1ccccc1)C(=O)c1ccccc1. The molecule has 0 saturated carbocycles. The van der Waals surface area contributed by atoms with Gasteiger partial charge in [0.05, 0.1) is 6.54 Å². The van der Waals surface area contributed by atoms with E-state index in [1.165, 1.54) is 4.90 Å². The van der Waals surface area contributed by atoms with Crippen LogP contribution >= 0.6 is 0 Å². The molecule has 0 fully saturated rings. The molecule has 0 aliphatic rings. The molecule has 0 aliphatic heterocycles. The Kier molecular flexibility index (Phi) is 4.45. The Hall–Kier alpha value is -2.68. The number of imide groups is 1. The average molecular weight is 265 g/mol. The summed E-state index contributed by atoms with van der Waals surface area (Å²) in [7, 11) is 0. The molecule has 2 aromatic carbocycles. The lowest BCUT2D eigenvalue weighted by atomic mass is 10.1. The van der Waals surface area contributed by atoms with Gasteiger partial charge in [0.15, 0.2) is 0 Å². The van der Waals surface area contributed by atoms with Crippen molar-refractivity contribution < 1.29 is 9.59 Å². The molecule has 0 radical (unpaired) electrons. The molecule has 20 heavy (non-hydrogen) atoms. The van der Waals surface area contributed by atoms with Gasteiger partial charge < -0.3 is 0 Å². The third-order valence-corrected chi connectivity index (χ3v) is 2.89. The van der Waals surface area contributed by atoms with Gasteiger partial charge in [-0.2, -0.15) is 0 Å². The van der Waals surface area contributed by atoms with Crippen LogP contribution in [0.2, 0.25) is 0 Å². The molecule has 0 spiro atoms. The van der Waals surface area contributed by atoms with Crippen molar-refractivity contribution in [1.82, 2.24) is 4.90 Å². The zero-order chi connectivity index (χ0) is 14.4. The van der Waals surface area contributed by atoms with Crippen LogP contribution in [0.3, 0.4) is 0 Å². The predicted octanol–water partition coefficient (Wildman–Crippen LogP) is 3.04. The van der Waals surface area contributed by atoms with Crippen LogP contribution in [0.5, 0.6) is 0 Å². The number of benzene rings is 2. The summed E-state index contributed by atoms with van der Waals surface area (Å²) in [6.45, 7) is 3.69. The van der Waals surface area contributed by atoms with Crippen molar-refractivity contribution in [3.05, 3.63) is 84.4 Å². The minimum absolute atomic E-state index is 0.236. The second-order valence-electron chi connectivity index (χ2n) is 4.29. The molecular formula is C17H15NO2. The second-order valence-corrected chi connectivity index (χ2v) is 4.29. The number of amides is 2. The Morgan fingerprint density at radius 1 is 0.950 bits per heavy atom. The fourth-order valence-electron chi connectivity index (χ4n) is 1.86. The molecule has 0 saturated heterocycles. The third kappa shape index (κ3) is 3.20. The van der Waals surface area contributed by atoms with E-state index in [9.17, 15) is 9.59 Å². The number of nitrogens with zero attached hydrogens (tertiary/aromatic N) is 1.